The fourth-order valence-corrected chi connectivity index (χ4v) is 5.99. The third kappa shape index (κ3) is 7.67. The summed E-state index contributed by atoms with van der Waals surface area (Å²) in [6.45, 7) is 2.60. The van der Waals surface area contributed by atoms with E-state index in [9.17, 15) is 4.79 Å². The van der Waals surface area contributed by atoms with Crippen molar-refractivity contribution in [3.05, 3.63) is 35.9 Å². The molecule has 6 heteroatoms. The highest BCUT2D eigenvalue weighted by Crippen LogP contribution is 2.43. The first-order chi connectivity index (χ1) is 16.6. The van der Waals surface area contributed by atoms with Crippen LogP contribution < -0.4 is 10.6 Å². The van der Waals surface area contributed by atoms with Gasteiger partial charge >= 0.3 is 6.03 Å². The van der Waals surface area contributed by atoms with Gasteiger partial charge in [0.1, 0.15) is 5.67 Å². The Morgan fingerprint density at radius 1 is 1.15 bits per heavy atom. The largest absolute Gasteiger partial charge is 0.385 e. The Hall–Kier alpha value is -1.66. The lowest BCUT2D eigenvalue weighted by molar-refractivity contribution is 0.0208. The number of hydrogen-bond acceptors (Lipinski definition) is 3. The van der Waals surface area contributed by atoms with E-state index < -0.39 is 5.67 Å². The summed E-state index contributed by atoms with van der Waals surface area (Å²) in [6, 6.07) is 9.67. The van der Waals surface area contributed by atoms with Crippen molar-refractivity contribution in [2.45, 2.75) is 82.3 Å². The van der Waals surface area contributed by atoms with Crippen LogP contribution in [0.15, 0.2) is 30.3 Å². The summed E-state index contributed by atoms with van der Waals surface area (Å²) in [5, 5.41) is 6.54. The van der Waals surface area contributed by atoms with Crippen LogP contribution >= 0.6 is 0 Å². The van der Waals surface area contributed by atoms with Gasteiger partial charge in [-0.3, -0.25) is 0 Å². The van der Waals surface area contributed by atoms with Gasteiger partial charge < -0.3 is 20.3 Å². The highest BCUT2D eigenvalue weighted by molar-refractivity contribution is 5.74. The number of amides is 2. The predicted octanol–water partition coefficient (Wildman–Crippen LogP) is 5.65. The van der Waals surface area contributed by atoms with Gasteiger partial charge in [0.15, 0.2) is 0 Å². The Morgan fingerprint density at radius 3 is 2.62 bits per heavy atom. The summed E-state index contributed by atoms with van der Waals surface area (Å²) in [5.41, 5.74) is -0.689. The summed E-state index contributed by atoms with van der Waals surface area (Å²) >= 11 is 0. The molecule has 2 fully saturated rings. The van der Waals surface area contributed by atoms with Gasteiger partial charge in [-0.15, -0.1) is 0 Å². The third-order valence-electron chi connectivity index (χ3n) is 7.87. The van der Waals surface area contributed by atoms with Crippen LogP contribution in [0.1, 0.15) is 76.2 Å². The fraction of sp³-hybridized carbons (Fsp3) is 0.750. The average Bonchev–Trinajstić information content (AvgIpc) is 2.88. The van der Waals surface area contributed by atoms with Crippen molar-refractivity contribution < 1.29 is 13.9 Å². The average molecular weight is 476 g/mol. The van der Waals surface area contributed by atoms with Crippen molar-refractivity contribution in [1.29, 1.82) is 0 Å². The van der Waals surface area contributed by atoms with Gasteiger partial charge in [-0.1, -0.05) is 62.4 Å². The maximum absolute atomic E-state index is 16.8. The standard InChI is InChI=1S/C28H46FN3O2/c1-30-21-26(20-23-12-5-3-6-13-23)31-27(33)32-18-11-16-25(22-32)28(29,17-9-10-19-34-2)24-14-7-4-8-15-24/h4,7-8,14-15,23,25-26,30H,3,5-6,9-13,16-22H2,1-2H3,(H,31,33)/t25-,26+,28+/m0/s1. The van der Waals surface area contributed by atoms with Crippen LogP contribution in [0, 0.1) is 11.8 Å². The number of likely N-dealkylation sites (tertiary alicyclic amines) is 1. The number of nitrogens with one attached hydrogen (secondary N) is 2. The molecule has 192 valence electrons. The van der Waals surface area contributed by atoms with Crippen molar-refractivity contribution in [2.75, 3.05) is 40.4 Å². The van der Waals surface area contributed by atoms with Gasteiger partial charge in [-0.05, 0) is 57.1 Å². The minimum absolute atomic E-state index is 0.0319. The number of benzene rings is 1. The normalized spacial score (nSPS) is 22.2. The summed E-state index contributed by atoms with van der Waals surface area (Å²) in [5.74, 6) is 0.503. The lowest BCUT2D eigenvalue weighted by atomic mass is 9.75. The molecule has 1 aromatic rings. The number of alkyl halides is 1. The highest BCUT2D eigenvalue weighted by Gasteiger charge is 2.43. The minimum Gasteiger partial charge on any atom is -0.385 e. The summed E-state index contributed by atoms with van der Waals surface area (Å²) < 4.78 is 21.9. The number of urea groups is 1. The number of methoxy groups -OCH3 is 1. The molecule has 5 nitrogen and oxygen atoms in total. The van der Waals surface area contributed by atoms with E-state index in [0.29, 0.717) is 32.0 Å². The molecule has 0 bridgehead atoms. The first kappa shape index (κ1) is 26.9. The Balaban J connectivity index is 1.64. The number of likely N-dealkylation sites (N-methyl/N-ethyl adjacent to an activating group) is 1. The lowest BCUT2D eigenvalue weighted by Crippen LogP contribution is -2.53. The van der Waals surface area contributed by atoms with Crippen LogP contribution in [-0.2, 0) is 10.4 Å². The smallest absolute Gasteiger partial charge is 0.317 e. The zero-order chi connectivity index (χ0) is 24.2. The number of rotatable bonds is 12. The summed E-state index contributed by atoms with van der Waals surface area (Å²) in [4.78, 5) is 15.1. The first-order valence-electron chi connectivity index (χ1n) is 13.5. The monoisotopic (exact) mass is 475 g/mol. The van der Waals surface area contributed by atoms with E-state index in [1.165, 1.54) is 32.1 Å². The number of unbranched alkanes of at least 4 members (excludes halogenated alkanes) is 1. The Kier molecular flexibility index (Phi) is 11.1. The van der Waals surface area contributed by atoms with Crippen LogP contribution in [0.25, 0.3) is 0 Å². The molecule has 34 heavy (non-hydrogen) atoms. The maximum atomic E-state index is 16.8. The number of hydrogen-bond donors (Lipinski definition) is 2. The van der Waals surface area contributed by atoms with Gasteiger partial charge in [0.05, 0.1) is 0 Å². The fourth-order valence-electron chi connectivity index (χ4n) is 5.99. The summed E-state index contributed by atoms with van der Waals surface area (Å²) in [7, 11) is 3.63. The SMILES string of the molecule is CNC[C@@H](CC1CCCCC1)NC(=O)N1CCC[C@H]([C@@](F)(CCCCOC)c2ccccc2)C1. The molecule has 2 N–H and O–H groups in total. The van der Waals surface area contributed by atoms with Crippen molar-refractivity contribution in [3.63, 3.8) is 0 Å². The molecule has 2 aliphatic rings. The maximum Gasteiger partial charge on any atom is 0.317 e. The van der Waals surface area contributed by atoms with Gasteiger partial charge in [-0.25, -0.2) is 9.18 Å². The molecule has 1 aliphatic heterocycles. The van der Waals surface area contributed by atoms with E-state index in [4.69, 9.17) is 4.74 Å². The first-order valence-corrected chi connectivity index (χ1v) is 13.5. The Bertz CT molecular complexity index is 713. The minimum atomic E-state index is -1.43. The number of halogens is 1. The number of ether oxygens (including phenoxy) is 1. The second kappa shape index (κ2) is 14.0. The van der Waals surface area contributed by atoms with E-state index in [1.54, 1.807) is 7.11 Å². The van der Waals surface area contributed by atoms with Crippen molar-refractivity contribution in [2.24, 2.45) is 11.8 Å². The highest BCUT2D eigenvalue weighted by atomic mass is 19.1. The molecule has 1 aromatic carbocycles. The van der Waals surface area contributed by atoms with E-state index in [2.05, 4.69) is 10.6 Å². The molecule has 1 aliphatic carbocycles. The number of carbonyl (C=O) groups is 1. The van der Waals surface area contributed by atoms with E-state index in [-0.39, 0.29) is 18.0 Å². The van der Waals surface area contributed by atoms with Crippen molar-refractivity contribution in [3.8, 4) is 0 Å². The quantitative estimate of drug-likeness (QED) is 0.384. The van der Waals surface area contributed by atoms with E-state index in [1.807, 2.05) is 42.3 Å². The Labute approximate surface area is 206 Å². The molecule has 3 rings (SSSR count). The van der Waals surface area contributed by atoms with Gasteiger partial charge in [0, 0.05) is 45.3 Å². The lowest BCUT2D eigenvalue weighted by Gasteiger charge is -2.41. The number of carbonyl (C=O) groups excluding carboxylic acids is 1. The summed E-state index contributed by atoms with van der Waals surface area (Å²) in [6.07, 6.45) is 11.3. The number of nitrogens with zero attached hydrogens (tertiary/aromatic N) is 1. The predicted molar refractivity (Wildman–Crippen MR) is 137 cm³/mol. The van der Waals surface area contributed by atoms with Crippen LogP contribution in [-0.4, -0.2) is 57.4 Å². The second-order valence-electron chi connectivity index (χ2n) is 10.4. The van der Waals surface area contributed by atoms with Gasteiger partial charge in [-0.2, -0.15) is 0 Å². The molecular formula is C28H46FN3O2. The second-order valence-corrected chi connectivity index (χ2v) is 10.4. The molecule has 0 spiro atoms. The zero-order valence-corrected chi connectivity index (χ0v) is 21.4. The molecule has 1 saturated carbocycles. The van der Waals surface area contributed by atoms with E-state index >= 15 is 4.39 Å². The van der Waals surface area contributed by atoms with Crippen LogP contribution in [0.5, 0.6) is 0 Å². The van der Waals surface area contributed by atoms with Crippen LogP contribution in [0.4, 0.5) is 9.18 Å². The molecule has 1 saturated heterocycles. The number of piperidine rings is 1. The topological polar surface area (TPSA) is 53.6 Å². The molecule has 0 radical (unpaired) electrons. The zero-order valence-electron chi connectivity index (χ0n) is 21.4. The Morgan fingerprint density at radius 2 is 1.91 bits per heavy atom. The molecule has 0 aromatic heterocycles. The third-order valence-corrected chi connectivity index (χ3v) is 7.87. The molecule has 1 heterocycles. The van der Waals surface area contributed by atoms with Gasteiger partial charge in [0.25, 0.3) is 0 Å². The molecule has 3 atom stereocenters. The van der Waals surface area contributed by atoms with Crippen LogP contribution in [0.3, 0.4) is 0 Å². The molecule has 0 unspecified atom stereocenters. The molecule has 2 amide bonds. The van der Waals surface area contributed by atoms with Crippen molar-refractivity contribution in [1.82, 2.24) is 15.5 Å². The van der Waals surface area contributed by atoms with Crippen LogP contribution in [0.2, 0.25) is 0 Å². The molecular weight excluding hydrogens is 429 g/mol. The van der Waals surface area contributed by atoms with Crippen molar-refractivity contribution >= 4 is 6.03 Å². The van der Waals surface area contributed by atoms with Gasteiger partial charge in [0.2, 0.25) is 0 Å². The van der Waals surface area contributed by atoms with E-state index in [0.717, 1.165) is 44.2 Å².